The summed E-state index contributed by atoms with van der Waals surface area (Å²) in [4.78, 5) is 10.7. The van der Waals surface area contributed by atoms with Gasteiger partial charge in [0.2, 0.25) is 13.4 Å². The highest BCUT2D eigenvalue weighted by Gasteiger charge is 2.42. The molecule has 278 valence electrons. The molecule has 6 heteroatoms. The molecule has 0 saturated heterocycles. The van der Waals surface area contributed by atoms with Crippen LogP contribution in [-0.4, -0.2) is 13.4 Å². The van der Waals surface area contributed by atoms with Crippen LogP contribution in [0, 0.1) is 0 Å². The molecule has 0 amide bonds. The third kappa shape index (κ3) is 6.31. The molecule has 0 aromatic heterocycles. The number of rotatable bonds is 7. The van der Waals surface area contributed by atoms with Gasteiger partial charge in [0.05, 0.1) is 0 Å². The van der Waals surface area contributed by atoms with E-state index in [1.807, 2.05) is 35.3 Å². The van der Waals surface area contributed by atoms with Crippen molar-refractivity contribution in [1.29, 1.82) is 0 Å². The van der Waals surface area contributed by atoms with Crippen LogP contribution in [0.3, 0.4) is 0 Å². The van der Waals surface area contributed by atoms with E-state index < -0.39 is 0 Å². The highest BCUT2D eigenvalue weighted by Crippen LogP contribution is 2.43. The van der Waals surface area contributed by atoms with Crippen LogP contribution in [-0.2, 0) is 0 Å². The maximum absolute atomic E-state index is 2.65. The fraction of sp³-hybridized carbons (Fsp3) is 0.176. The predicted molar refractivity (Wildman–Crippen MR) is 251 cm³/mol. The van der Waals surface area contributed by atoms with E-state index in [2.05, 4.69) is 192 Å². The van der Waals surface area contributed by atoms with E-state index in [9.17, 15) is 0 Å². The normalized spacial score (nSPS) is 13.6. The molecule has 0 bridgehead atoms. The van der Waals surface area contributed by atoms with E-state index in [0.29, 0.717) is 17.8 Å². The zero-order valence-corrected chi connectivity index (χ0v) is 35.9. The van der Waals surface area contributed by atoms with E-state index in [1.54, 1.807) is 0 Å². The number of para-hydroxylation sites is 2. The highest BCUT2D eigenvalue weighted by molar-refractivity contribution is 8.01. The average molecular weight is 790 g/mol. The second-order valence-corrected chi connectivity index (χ2v) is 19.9. The van der Waals surface area contributed by atoms with Crippen molar-refractivity contribution in [2.45, 2.75) is 88.7 Å². The molecule has 10 rings (SSSR count). The zero-order chi connectivity index (χ0) is 38.9. The van der Waals surface area contributed by atoms with Gasteiger partial charge in [0.15, 0.2) is 0 Å². The Labute approximate surface area is 352 Å². The first kappa shape index (κ1) is 36.8. The van der Waals surface area contributed by atoms with Gasteiger partial charge in [-0.2, -0.15) is 0 Å². The maximum Gasteiger partial charge on any atom is 0.247 e. The lowest BCUT2D eigenvalue weighted by atomic mass is 9.32. The van der Waals surface area contributed by atoms with Crippen molar-refractivity contribution in [3.63, 3.8) is 0 Å². The first-order chi connectivity index (χ1) is 27.7. The van der Waals surface area contributed by atoms with Crippen LogP contribution in [0.25, 0.3) is 0 Å². The average Bonchev–Trinajstić information content (AvgIpc) is 3.22. The van der Waals surface area contributed by atoms with Crippen LogP contribution in [0.2, 0.25) is 0 Å². The summed E-state index contributed by atoms with van der Waals surface area (Å²) in [6.07, 6.45) is 0. The Morgan fingerprint density at radius 3 is 1.46 bits per heavy atom. The largest absolute Gasteiger partial charge is 0.310 e. The van der Waals surface area contributed by atoms with Crippen molar-refractivity contribution in [3.05, 3.63) is 162 Å². The monoisotopic (exact) mass is 789 g/mol. The van der Waals surface area contributed by atoms with Gasteiger partial charge in [0.1, 0.15) is 0 Å². The number of fused-ring (bicyclic) bond motifs is 6. The van der Waals surface area contributed by atoms with Crippen LogP contribution < -0.4 is 37.7 Å². The second-order valence-electron chi connectivity index (χ2n) is 16.6. The van der Waals surface area contributed by atoms with Gasteiger partial charge in [0, 0.05) is 46.4 Å². The molecule has 0 N–H and O–H groups in total. The topological polar surface area (TPSA) is 3.24 Å². The van der Waals surface area contributed by atoms with Crippen LogP contribution >= 0.6 is 35.3 Å². The summed E-state index contributed by atoms with van der Waals surface area (Å²) in [6, 6.07) is 55.2. The van der Waals surface area contributed by atoms with Gasteiger partial charge in [-0.05, 0) is 101 Å². The Morgan fingerprint density at radius 1 is 0.368 bits per heavy atom. The summed E-state index contributed by atoms with van der Waals surface area (Å²) in [7, 11) is 0. The molecule has 0 radical (unpaired) electrons. The quantitative estimate of drug-likeness (QED) is 0.148. The molecule has 1 nitrogen and oxygen atoms in total. The standard InChI is InChI=1S/C51H45B2NS3/c1-31(2)34-26-38(32(3)4)50(39(27-34)33(5)6)52-41-25-24-37(54(35-16-9-7-10-17-35)36-18-11-8-12-19-36)28-47(41)57-49-30-48-43(29-42(49)52)53-40-20-13-14-21-44(40)55-45-22-15-23-46(56-48)51(45)53/h7-33H,1-6H3. The van der Waals surface area contributed by atoms with Crippen molar-refractivity contribution in [3.8, 4) is 0 Å². The minimum atomic E-state index is 0.100. The van der Waals surface area contributed by atoms with Gasteiger partial charge in [-0.3, -0.25) is 0 Å². The van der Waals surface area contributed by atoms with Crippen LogP contribution in [0.4, 0.5) is 17.1 Å². The minimum absolute atomic E-state index is 0.100. The molecule has 0 saturated carbocycles. The number of benzene rings is 7. The fourth-order valence-electron chi connectivity index (χ4n) is 9.27. The van der Waals surface area contributed by atoms with E-state index in [4.69, 9.17) is 0 Å². The lowest BCUT2D eigenvalue weighted by Gasteiger charge is -2.36. The third-order valence-electron chi connectivity index (χ3n) is 12.0. The van der Waals surface area contributed by atoms with E-state index in [-0.39, 0.29) is 13.4 Å². The van der Waals surface area contributed by atoms with E-state index in [1.165, 1.54) is 84.5 Å². The summed E-state index contributed by atoms with van der Waals surface area (Å²) in [5.41, 5.74) is 16.6. The Balaban J connectivity index is 1.23. The number of anilines is 3. The van der Waals surface area contributed by atoms with Gasteiger partial charge in [-0.15, -0.1) is 0 Å². The molecule has 7 aromatic carbocycles. The summed E-state index contributed by atoms with van der Waals surface area (Å²) in [5, 5.41) is 0. The maximum atomic E-state index is 2.65. The first-order valence-electron chi connectivity index (χ1n) is 20.4. The summed E-state index contributed by atoms with van der Waals surface area (Å²) in [6.45, 7) is 14.6. The van der Waals surface area contributed by atoms with Gasteiger partial charge in [-0.25, -0.2) is 0 Å². The molecule has 57 heavy (non-hydrogen) atoms. The lowest BCUT2D eigenvalue weighted by Crippen LogP contribution is -2.62. The van der Waals surface area contributed by atoms with Gasteiger partial charge in [-0.1, -0.05) is 189 Å². The summed E-state index contributed by atoms with van der Waals surface area (Å²) >= 11 is 5.86. The van der Waals surface area contributed by atoms with Crippen LogP contribution in [0.5, 0.6) is 0 Å². The Kier molecular flexibility index (Phi) is 9.51. The van der Waals surface area contributed by atoms with Crippen molar-refractivity contribution >= 4 is 98.6 Å². The van der Waals surface area contributed by atoms with Crippen molar-refractivity contribution < 1.29 is 0 Å². The minimum Gasteiger partial charge on any atom is -0.310 e. The second kappa shape index (κ2) is 14.7. The molecule has 0 atom stereocenters. The molecule has 3 aliphatic rings. The zero-order valence-electron chi connectivity index (χ0n) is 33.4. The number of nitrogens with zero attached hydrogens (tertiary/aromatic N) is 1. The van der Waals surface area contributed by atoms with Gasteiger partial charge < -0.3 is 4.90 Å². The van der Waals surface area contributed by atoms with Gasteiger partial charge in [0.25, 0.3) is 0 Å². The molecule has 7 aromatic rings. The molecule has 0 unspecified atom stereocenters. The van der Waals surface area contributed by atoms with Gasteiger partial charge >= 0.3 is 0 Å². The van der Waals surface area contributed by atoms with Crippen LogP contribution in [0.15, 0.2) is 175 Å². The smallest absolute Gasteiger partial charge is 0.247 e. The number of hydrogen-bond acceptors (Lipinski definition) is 4. The van der Waals surface area contributed by atoms with E-state index in [0.717, 1.165) is 11.4 Å². The highest BCUT2D eigenvalue weighted by atomic mass is 32.2. The molecule has 3 aliphatic heterocycles. The molecule has 3 heterocycles. The molecular weight excluding hydrogens is 744 g/mol. The molecular formula is C51H45B2NS3. The van der Waals surface area contributed by atoms with Crippen molar-refractivity contribution in [2.75, 3.05) is 4.90 Å². The molecule has 0 aliphatic carbocycles. The molecule has 0 fully saturated rings. The van der Waals surface area contributed by atoms with Crippen molar-refractivity contribution in [1.82, 2.24) is 0 Å². The van der Waals surface area contributed by atoms with Crippen molar-refractivity contribution in [2.24, 2.45) is 0 Å². The Morgan fingerprint density at radius 2 is 0.860 bits per heavy atom. The SMILES string of the molecule is CC(C)c1cc(C(C)C)c(B2c3ccc(N(c4ccccc4)c4ccccc4)cc3Sc3cc4c(cc32)B2c3ccccc3Sc3cccc(c32)S4)c(C(C)C)c1. The Bertz CT molecular complexity index is 2600. The Hall–Kier alpha value is -4.48. The predicted octanol–water partition coefficient (Wildman–Crippen LogP) is 11.0. The number of hydrogen-bond donors (Lipinski definition) is 0. The molecule has 0 spiro atoms. The van der Waals surface area contributed by atoms with E-state index >= 15 is 0 Å². The summed E-state index contributed by atoms with van der Waals surface area (Å²) in [5.74, 6) is 1.23. The van der Waals surface area contributed by atoms with Crippen LogP contribution in [0.1, 0.15) is 76.0 Å². The lowest BCUT2D eigenvalue weighted by molar-refractivity contribution is 0.812. The first-order valence-corrected chi connectivity index (χ1v) is 22.8. The fourth-order valence-corrected chi connectivity index (χ4v) is 13.0. The third-order valence-corrected chi connectivity index (χ3v) is 15.5. The summed E-state index contributed by atoms with van der Waals surface area (Å²) < 4.78 is 0.